The number of carbonyl (C=O) groups excluding carboxylic acids is 1. The van der Waals surface area contributed by atoms with E-state index >= 15 is 0 Å². The highest BCUT2D eigenvalue weighted by atomic mass is 35.5. The van der Waals surface area contributed by atoms with E-state index in [0.717, 1.165) is 10.6 Å². The third kappa shape index (κ3) is 5.43. The van der Waals surface area contributed by atoms with E-state index in [1.807, 2.05) is 0 Å². The third-order valence-electron chi connectivity index (χ3n) is 3.12. The number of benzene rings is 1. The fourth-order valence-corrected chi connectivity index (χ4v) is 3.49. The van der Waals surface area contributed by atoms with Gasteiger partial charge in [0.05, 0.1) is 24.8 Å². The van der Waals surface area contributed by atoms with Crippen LogP contribution in [0.3, 0.4) is 0 Å². The fourth-order valence-electron chi connectivity index (χ4n) is 2.06. The Morgan fingerprint density at radius 3 is 2.46 bits per heavy atom. The number of halogens is 2. The summed E-state index contributed by atoms with van der Waals surface area (Å²) >= 11 is 11.8. The van der Waals surface area contributed by atoms with Crippen LogP contribution in [0.2, 0.25) is 10.0 Å². The molecular weight excluding hydrogens is 375 g/mol. The van der Waals surface area contributed by atoms with Gasteiger partial charge in [-0.05, 0) is 30.3 Å². The van der Waals surface area contributed by atoms with Crippen molar-refractivity contribution >= 4 is 44.8 Å². The molecular formula is C15H16Cl2N2O4S. The molecule has 130 valence electrons. The van der Waals surface area contributed by atoms with E-state index in [0.29, 0.717) is 21.5 Å². The molecule has 2 aromatic rings. The lowest BCUT2D eigenvalue weighted by Gasteiger charge is -2.22. The molecule has 1 aromatic heterocycles. The molecule has 0 fully saturated rings. The number of amides is 1. The van der Waals surface area contributed by atoms with E-state index in [2.05, 4.69) is 5.32 Å². The highest BCUT2D eigenvalue weighted by molar-refractivity contribution is 7.92. The van der Waals surface area contributed by atoms with Crippen molar-refractivity contribution < 1.29 is 17.6 Å². The number of sulfonamides is 1. The number of anilines is 1. The molecule has 1 amide bonds. The first-order valence-electron chi connectivity index (χ1n) is 6.98. The van der Waals surface area contributed by atoms with E-state index in [-0.39, 0.29) is 25.4 Å². The molecule has 0 aliphatic heterocycles. The predicted molar refractivity (Wildman–Crippen MR) is 93.8 cm³/mol. The van der Waals surface area contributed by atoms with Crippen molar-refractivity contribution in [2.45, 2.75) is 13.0 Å². The molecule has 0 atom stereocenters. The first kappa shape index (κ1) is 18.6. The summed E-state index contributed by atoms with van der Waals surface area (Å²) in [6, 6.07) is 7.92. The van der Waals surface area contributed by atoms with Gasteiger partial charge in [-0.15, -0.1) is 0 Å². The maximum atomic E-state index is 12.0. The molecule has 2 rings (SSSR count). The highest BCUT2D eigenvalue weighted by Crippen LogP contribution is 2.27. The number of hydrogen-bond donors (Lipinski definition) is 1. The summed E-state index contributed by atoms with van der Waals surface area (Å²) in [5.74, 6) is 0.318. The summed E-state index contributed by atoms with van der Waals surface area (Å²) in [4.78, 5) is 11.9. The topological polar surface area (TPSA) is 79.6 Å². The van der Waals surface area contributed by atoms with E-state index in [9.17, 15) is 13.2 Å². The number of nitrogens with zero attached hydrogens (tertiary/aromatic N) is 1. The molecule has 1 heterocycles. The van der Waals surface area contributed by atoms with Crippen molar-refractivity contribution in [3.8, 4) is 0 Å². The van der Waals surface area contributed by atoms with Crippen LogP contribution >= 0.6 is 23.2 Å². The first-order chi connectivity index (χ1) is 11.3. The first-order valence-corrected chi connectivity index (χ1v) is 9.59. The van der Waals surface area contributed by atoms with Crippen LogP contribution in [0.4, 0.5) is 5.69 Å². The molecule has 0 radical (unpaired) electrons. The van der Waals surface area contributed by atoms with Crippen molar-refractivity contribution in [1.82, 2.24) is 5.32 Å². The average Bonchev–Trinajstić information content (AvgIpc) is 2.96. The van der Waals surface area contributed by atoms with Gasteiger partial charge >= 0.3 is 0 Å². The number of carbonyl (C=O) groups is 1. The Morgan fingerprint density at radius 2 is 1.92 bits per heavy atom. The Balaban J connectivity index is 2.03. The van der Waals surface area contributed by atoms with Crippen molar-refractivity contribution in [1.29, 1.82) is 0 Å². The predicted octanol–water partition coefficient (Wildman–Crippen LogP) is 3.06. The van der Waals surface area contributed by atoms with Gasteiger partial charge in [-0.3, -0.25) is 9.10 Å². The summed E-state index contributed by atoms with van der Waals surface area (Å²) in [5.41, 5.74) is 0.314. The lowest BCUT2D eigenvalue weighted by Crippen LogP contribution is -2.34. The lowest BCUT2D eigenvalue weighted by molar-refractivity contribution is -0.121. The Morgan fingerprint density at radius 1 is 1.25 bits per heavy atom. The number of hydrogen-bond acceptors (Lipinski definition) is 4. The monoisotopic (exact) mass is 390 g/mol. The average molecular weight is 391 g/mol. The van der Waals surface area contributed by atoms with Crippen molar-refractivity contribution in [2.24, 2.45) is 0 Å². The SMILES string of the molecule is CS(=O)(=O)N(CCC(=O)NCc1ccco1)c1cc(Cl)cc(Cl)c1. The zero-order valence-corrected chi connectivity index (χ0v) is 15.2. The van der Waals surface area contributed by atoms with Gasteiger partial charge in [0.2, 0.25) is 15.9 Å². The standard InChI is InChI=1S/C15H16Cl2N2O4S/c1-24(21,22)19(13-8-11(16)7-12(17)9-13)5-4-15(20)18-10-14-3-2-6-23-14/h2-3,6-9H,4-5,10H2,1H3,(H,18,20). The van der Waals surface area contributed by atoms with Crippen molar-refractivity contribution in [3.05, 3.63) is 52.4 Å². The van der Waals surface area contributed by atoms with Crippen LogP contribution < -0.4 is 9.62 Å². The molecule has 1 aromatic carbocycles. The van der Waals surface area contributed by atoms with Gasteiger partial charge in [0, 0.05) is 23.0 Å². The van der Waals surface area contributed by atoms with Gasteiger partial charge in [-0.1, -0.05) is 23.2 Å². The van der Waals surface area contributed by atoms with Gasteiger partial charge in [0.15, 0.2) is 0 Å². The Labute approximate surface area is 150 Å². The van der Waals surface area contributed by atoms with Gasteiger partial charge in [0.1, 0.15) is 5.76 Å². The zero-order chi connectivity index (χ0) is 17.7. The van der Waals surface area contributed by atoms with Gasteiger partial charge in [-0.25, -0.2) is 8.42 Å². The van der Waals surface area contributed by atoms with Crippen LogP contribution in [0, 0.1) is 0 Å². The molecule has 0 aliphatic carbocycles. The lowest BCUT2D eigenvalue weighted by atomic mass is 10.3. The number of rotatable bonds is 7. The highest BCUT2D eigenvalue weighted by Gasteiger charge is 2.19. The van der Waals surface area contributed by atoms with Crippen LogP contribution in [-0.4, -0.2) is 27.1 Å². The van der Waals surface area contributed by atoms with E-state index in [1.165, 1.54) is 24.5 Å². The van der Waals surface area contributed by atoms with E-state index in [1.54, 1.807) is 12.1 Å². The minimum absolute atomic E-state index is 0.0160. The van der Waals surface area contributed by atoms with Crippen LogP contribution in [0.15, 0.2) is 41.0 Å². The van der Waals surface area contributed by atoms with Gasteiger partial charge in [0.25, 0.3) is 0 Å². The summed E-state index contributed by atoms with van der Waals surface area (Å²) in [6.07, 6.45) is 2.55. The molecule has 24 heavy (non-hydrogen) atoms. The van der Waals surface area contributed by atoms with E-state index < -0.39 is 10.0 Å². The van der Waals surface area contributed by atoms with Crippen molar-refractivity contribution in [3.63, 3.8) is 0 Å². The second-order valence-corrected chi connectivity index (χ2v) is 7.85. The van der Waals surface area contributed by atoms with Crippen LogP contribution in [0.5, 0.6) is 0 Å². The number of nitrogens with one attached hydrogen (secondary N) is 1. The Hall–Kier alpha value is -1.70. The molecule has 0 spiro atoms. The van der Waals surface area contributed by atoms with Crippen LogP contribution in [0.1, 0.15) is 12.2 Å². The molecule has 9 heteroatoms. The molecule has 1 N–H and O–H groups in total. The molecule has 0 saturated carbocycles. The minimum atomic E-state index is -3.59. The Bertz CT molecular complexity index is 787. The van der Waals surface area contributed by atoms with Crippen LogP contribution in [-0.2, 0) is 21.4 Å². The van der Waals surface area contributed by atoms with E-state index in [4.69, 9.17) is 27.6 Å². The van der Waals surface area contributed by atoms with Crippen LogP contribution in [0.25, 0.3) is 0 Å². The molecule has 0 unspecified atom stereocenters. The molecule has 0 aliphatic rings. The Kier molecular flexibility index (Phi) is 6.15. The number of furan rings is 1. The third-order valence-corrected chi connectivity index (χ3v) is 4.75. The largest absolute Gasteiger partial charge is 0.467 e. The smallest absolute Gasteiger partial charge is 0.232 e. The molecule has 0 saturated heterocycles. The summed E-state index contributed by atoms with van der Waals surface area (Å²) in [5, 5.41) is 3.29. The normalized spacial score (nSPS) is 11.3. The minimum Gasteiger partial charge on any atom is -0.467 e. The van der Waals surface area contributed by atoms with Gasteiger partial charge < -0.3 is 9.73 Å². The van der Waals surface area contributed by atoms with Crippen molar-refractivity contribution in [2.75, 3.05) is 17.1 Å². The molecule has 6 nitrogen and oxygen atoms in total. The second-order valence-electron chi connectivity index (χ2n) is 5.07. The quantitative estimate of drug-likeness (QED) is 0.787. The summed E-state index contributed by atoms with van der Waals surface area (Å²) < 4.78 is 30.2. The summed E-state index contributed by atoms with van der Waals surface area (Å²) in [7, 11) is -3.59. The maximum Gasteiger partial charge on any atom is 0.232 e. The second kappa shape index (κ2) is 7.92. The maximum absolute atomic E-state index is 12.0. The fraction of sp³-hybridized carbons (Fsp3) is 0.267. The van der Waals surface area contributed by atoms with Gasteiger partial charge in [-0.2, -0.15) is 0 Å². The summed E-state index contributed by atoms with van der Waals surface area (Å²) in [6.45, 7) is 0.215. The molecule has 0 bridgehead atoms. The zero-order valence-electron chi connectivity index (χ0n) is 12.8.